The number of carbonyl (C=O) groups is 1. The monoisotopic (exact) mass is 391 g/mol. The first kappa shape index (κ1) is 20.5. The molecule has 0 saturated carbocycles. The second-order valence-corrected chi connectivity index (χ2v) is 7.76. The summed E-state index contributed by atoms with van der Waals surface area (Å²) in [5.41, 5.74) is 0.921. The molecule has 2 saturated heterocycles. The Morgan fingerprint density at radius 3 is 2.79 bits per heavy atom. The standard InChI is InChI=1S/C20H29N3O5/c1-15-4-2-8-21(13-15)18-7-6-16(12-19(18)23(26)27)20(25)22-9-3-5-17(14-22)28-11-10-24/h6-7,12,15,17,24H,2-5,8-11,13-14H2,1H3/t15-,17+/m1/s1. The fourth-order valence-electron chi connectivity index (χ4n) is 4.14. The summed E-state index contributed by atoms with van der Waals surface area (Å²) in [6.45, 7) is 5.00. The van der Waals surface area contributed by atoms with Gasteiger partial charge in [0.15, 0.2) is 0 Å². The molecule has 2 heterocycles. The average Bonchev–Trinajstić information content (AvgIpc) is 2.71. The van der Waals surface area contributed by atoms with E-state index in [1.165, 1.54) is 6.07 Å². The van der Waals surface area contributed by atoms with Gasteiger partial charge in [-0.25, -0.2) is 0 Å². The first-order chi connectivity index (χ1) is 13.5. The Hall–Kier alpha value is -2.19. The van der Waals surface area contributed by atoms with Crippen molar-refractivity contribution in [2.24, 2.45) is 5.92 Å². The summed E-state index contributed by atoms with van der Waals surface area (Å²) in [4.78, 5) is 27.9. The number of nitrogens with zero attached hydrogens (tertiary/aromatic N) is 3. The lowest BCUT2D eigenvalue weighted by molar-refractivity contribution is -0.384. The molecule has 1 amide bonds. The van der Waals surface area contributed by atoms with Crippen molar-refractivity contribution in [2.75, 3.05) is 44.3 Å². The summed E-state index contributed by atoms with van der Waals surface area (Å²) < 4.78 is 5.56. The summed E-state index contributed by atoms with van der Waals surface area (Å²) in [5, 5.41) is 20.6. The second-order valence-electron chi connectivity index (χ2n) is 7.76. The first-order valence-corrected chi connectivity index (χ1v) is 10.0. The third-order valence-corrected chi connectivity index (χ3v) is 5.53. The molecule has 154 valence electrons. The Balaban J connectivity index is 1.77. The highest BCUT2D eigenvalue weighted by molar-refractivity contribution is 5.96. The summed E-state index contributed by atoms with van der Waals surface area (Å²) in [5.74, 6) is 0.290. The molecule has 1 aromatic rings. The fourth-order valence-corrected chi connectivity index (χ4v) is 4.14. The van der Waals surface area contributed by atoms with Gasteiger partial charge in [0.05, 0.1) is 24.2 Å². The molecule has 2 fully saturated rings. The van der Waals surface area contributed by atoms with Crippen LogP contribution in [0, 0.1) is 16.0 Å². The van der Waals surface area contributed by atoms with E-state index in [-0.39, 0.29) is 30.9 Å². The number of amides is 1. The maximum Gasteiger partial charge on any atom is 0.293 e. The van der Waals surface area contributed by atoms with E-state index in [4.69, 9.17) is 9.84 Å². The number of rotatable bonds is 6. The van der Waals surface area contributed by atoms with Gasteiger partial charge in [0, 0.05) is 37.8 Å². The molecule has 8 heteroatoms. The van der Waals surface area contributed by atoms with Gasteiger partial charge in [0.2, 0.25) is 0 Å². The zero-order valence-corrected chi connectivity index (χ0v) is 16.4. The summed E-state index contributed by atoms with van der Waals surface area (Å²) in [7, 11) is 0. The zero-order valence-electron chi connectivity index (χ0n) is 16.4. The van der Waals surface area contributed by atoms with Crippen LogP contribution in [0.2, 0.25) is 0 Å². The van der Waals surface area contributed by atoms with Crippen LogP contribution in [0.5, 0.6) is 0 Å². The molecule has 1 N–H and O–H groups in total. The van der Waals surface area contributed by atoms with Crippen molar-refractivity contribution >= 4 is 17.3 Å². The van der Waals surface area contributed by atoms with Crippen molar-refractivity contribution in [3.63, 3.8) is 0 Å². The predicted octanol–water partition coefficient (Wildman–Crippen LogP) is 2.44. The van der Waals surface area contributed by atoms with Gasteiger partial charge in [0.1, 0.15) is 5.69 Å². The maximum atomic E-state index is 12.9. The van der Waals surface area contributed by atoms with Crippen molar-refractivity contribution in [1.29, 1.82) is 0 Å². The van der Waals surface area contributed by atoms with Gasteiger partial charge >= 0.3 is 0 Å². The van der Waals surface area contributed by atoms with Crippen molar-refractivity contribution in [3.8, 4) is 0 Å². The number of likely N-dealkylation sites (tertiary alicyclic amines) is 1. The minimum Gasteiger partial charge on any atom is -0.394 e. The number of anilines is 1. The molecular formula is C20H29N3O5. The molecule has 0 aromatic heterocycles. The van der Waals surface area contributed by atoms with Crippen molar-refractivity contribution < 1.29 is 19.6 Å². The second kappa shape index (κ2) is 9.34. The lowest BCUT2D eigenvalue weighted by atomic mass is 9.99. The van der Waals surface area contributed by atoms with Crippen molar-refractivity contribution in [1.82, 2.24) is 4.90 Å². The van der Waals surface area contributed by atoms with Crippen molar-refractivity contribution in [3.05, 3.63) is 33.9 Å². The third-order valence-electron chi connectivity index (χ3n) is 5.53. The van der Waals surface area contributed by atoms with E-state index in [1.807, 2.05) is 0 Å². The predicted molar refractivity (Wildman–Crippen MR) is 106 cm³/mol. The Morgan fingerprint density at radius 2 is 2.07 bits per heavy atom. The number of carbonyl (C=O) groups excluding carboxylic acids is 1. The van der Waals surface area contributed by atoms with Crippen LogP contribution in [0.4, 0.5) is 11.4 Å². The van der Waals surface area contributed by atoms with Gasteiger partial charge in [-0.3, -0.25) is 14.9 Å². The molecule has 2 atom stereocenters. The Kier molecular flexibility index (Phi) is 6.85. The van der Waals surface area contributed by atoms with Crippen molar-refractivity contribution in [2.45, 2.75) is 38.7 Å². The van der Waals surface area contributed by atoms with E-state index in [1.54, 1.807) is 17.0 Å². The Morgan fingerprint density at radius 1 is 1.29 bits per heavy atom. The molecule has 3 rings (SSSR count). The van der Waals surface area contributed by atoms with E-state index in [0.29, 0.717) is 30.3 Å². The minimum atomic E-state index is -0.394. The van der Waals surface area contributed by atoms with Crippen LogP contribution in [-0.2, 0) is 4.74 Å². The van der Waals surface area contributed by atoms with E-state index in [0.717, 1.165) is 38.8 Å². The van der Waals surface area contributed by atoms with Gasteiger partial charge in [-0.05, 0) is 43.7 Å². The van der Waals surface area contributed by atoms with Gasteiger partial charge in [-0.1, -0.05) is 6.92 Å². The molecule has 0 radical (unpaired) electrons. The normalized spacial score (nSPS) is 22.9. The van der Waals surface area contributed by atoms with Gasteiger partial charge < -0.3 is 19.6 Å². The minimum absolute atomic E-state index is 0.00922. The van der Waals surface area contributed by atoms with Crippen LogP contribution in [-0.4, -0.2) is 66.3 Å². The highest BCUT2D eigenvalue weighted by atomic mass is 16.6. The van der Waals surface area contributed by atoms with Gasteiger partial charge in [-0.2, -0.15) is 0 Å². The largest absolute Gasteiger partial charge is 0.394 e. The van der Waals surface area contributed by atoms with Crippen LogP contribution < -0.4 is 4.90 Å². The maximum absolute atomic E-state index is 12.9. The van der Waals surface area contributed by atoms with E-state index in [9.17, 15) is 14.9 Å². The number of nitro benzene ring substituents is 1. The SMILES string of the molecule is C[C@@H]1CCCN(c2ccc(C(=O)N3CCC[C@H](OCCO)C3)cc2[N+](=O)[O-])C1. The Bertz CT molecular complexity index is 711. The van der Waals surface area contributed by atoms with Gasteiger partial charge in [0.25, 0.3) is 11.6 Å². The molecule has 0 spiro atoms. The number of aliphatic hydroxyl groups is 1. The highest BCUT2D eigenvalue weighted by Crippen LogP contribution is 2.33. The number of nitro groups is 1. The van der Waals surface area contributed by atoms with Gasteiger partial charge in [-0.15, -0.1) is 0 Å². The number of hydrogen-bond donors (Lipinski definition) is 1. The van der Waals surface area contributed by atoms with E-state index in [2.05, 4.69) is 11.8 Å². The molecule has 2 aliphatic rings. The zero-order chi connectivity index (χ0) is 20.1. The lowest BCUT2D eigenvalue weighted by Crippen LogP contribution is -2.43. The summed E-state index contributed by atoms with van der Waals surface area (Å²) in [6, 6.07) is 4.82. The molecule has 2 aliphatic heterocycles. The van der Waals surface area contributed by atoms with Crippen LogP contribution in [0.15, 0.2) is 18.2 Å². The molecule has 0 bridgehead atoms. The number of aliphatic hydroxyl groups excluding tert-OH is 1. The topological polar surface area (TPSA) is 96.2 Å². The number of benzene rings is 1. The number of piperidine rings is 2. The van der Waals surface area contributed by atoms with E-state index < -0.39 is 4.92 Å². The summed E-state index contributed by atoms with van der Waals surface area (Å²) in [6.07, 6.45) is 3.70. The number of ether oxygens (including phenoxy) is 1. The number of hydrogen-bond acceptors (Lipinski definition) is 6. The molecule has 0 aliphatic carbocycles. The quantitative estimate of drug-likeness (QED) is 0.591. The summed E-state index contributed by atoms with van der Waals surface area (Å²) >= 11 is 0. The Labute approximate surface area is 165 Å². The molecular weight excluding hydrogens is 362 g/mol. The van der Waals surface area contributed by atoms with Crippen LogP contribution in [0.25, 0.3) is 0 Å². The molecule has 1 aromatic carbocycles. The average molecular weight is 391 g/mol. The molecule has 0 unspecified atom stereocenters. The van der Waals surface area contributed by atoms with Crippen LogP contribution >= 0.6 is 0 Å². The first-order valence-electron chi connectivity index (χ1n) is 10.0. The lowest BCUT2D eigenvalue weighted by Gasteiger charge is -2.33. The molecule has 28 heavy (non-hydrogen) atoms. The van der Waals surface area contributed by atoms with Crippen LogP contribution in [0.3, 0.4) is 0 Å². The smallest absolute Gasteiger partial charge is 0.293 e. The van der Waals surface area contributed by atoms with E-state index >= 15 is 0 Å². The van der Waals surface area contributed by atoms with Crippen LogP contribution in [0.1, 0.15) is 43.0 Å². The fraction of sp³-hybridized carbons (Fsp3) is 0.650. The highest BCUT2D eigenvalue weighted by Gasteiger charge is 2.28. The molecule has 8 nitrogen and oxygen atoms in total. The third kappa shape index (κ3) is 4.80.